The predicted molar refractivity (Wildman–Crippen MR) is 209 cm³/mol. The lowest BCUT2D eigenvalue weighted by molar-refractivity contribution is -0.150. The van der Waals surface area contributed by atoms with Crippen molar-refractivity contribution in [1.82, 2.24) is 0 Å². The Morgan fingerprint density at radius 3 is 1.27 bits per heavy atom. The van der Waals surface area contributed by atoms with Crippen LogP contribution in [0.25, 0.3) is 0 Å². The smallest absolute Gasteiger partial charge is 0.306 e. The van der Waals surface area contributed by atoms with Crippen molar-refractivity contribution in [2.45, 2.75) is 245 Å². The zero-order chi connectivity index (χ0) is 35.0. The predicted octanol–water partition coefficient (Wildman–Crippen LogP) is 14.8. The second-order valence-corrected chi connectivity index (χ2v) is 14.5. The normalized spacial score (nSPS) is 12.4. The van der Waals surface area contributed by atoms with Gasteiger partial charge in [0.1, 0.15) is 6.10 Å². The van der Waals surface area contributed by atoms with Gasteiger partial charge in [-0.25, -0.2) is 0 Å². The summed E-state index contributed by atoms with van der Waals surface area (Å²) in [4.78, 5) is 23.4. The lowest BCUT2D eigenvalue weighted by Gasteiger charge is -2.18. The van der Waals surface area contributed by atoms with E-state index in [0.29, 0.717) is 12.8 Å². The van der Waals surface area contributed by atoms with Gasteiger partial charge in [-0.15, -0.1) is 0 Å². The molecule has 0 aromatic carbocycles. The molecular formula is C44H82O4. The first-order valence-corrected chi connectivity index (χ1v) is 21.3. The minimum atomic E-state index is -0.681. The molecule has 4 heteroatoms. The number of carboxylic acids is 1. The highest BCUT2D eigenvalue weighted by Crippen LogP contribution is 2.19. The fourth-order valence-electron chi connectivity index (χ4n) is 6.51. The molecule has 0 saturated heterocycles. The van der Waals surface area contributed by atoms with Crippen molar-refractivity contribution >= 4 is 11.9 Å². The minimum absolute atomic E-state index is 0.0241. The monoisotopic (exact) mass is 675 g/mol. The summed E-state index contributed by atoms with van der Waals surface area (Å²) in [5, 5.41) is 8.76. The van der Waals surface area contributed by atoms with Gasteiger partial charge in [-0.3, -0.25) is 9.59 Å². The van der Waals surface area contributed by atoms with Gasteiger partial charge in [0.25, 0.3) is 0 Å². The van der Waals surface area contributed by atoms with E-state index >= 15 is 0 Å². The number of carbonyl (C=O) groups is 2. The van der Waals surface area contributed by atoms with E-state index in [1.807, 2.05) is 0 Å². The molecule has 48 heavy (non-hydrogen) atoms. The Morgan fingerprint density at radius 1 is 0.458 bits per heavy atom. The second-order valence-electron chi connectivity index (χ2n) is 14.5. The van der Waals surface area contributed by atoms with Gasteiger partial charge >= 0.3 is 11.9 Å². The van der Waals surface area contributed by atoms with Gasteiger partial charge in [0.05, 0.1) is 0 Å². The highest BCUT2D eigenvalue weighted by molar-refractivity contribution is 5.69. The fourth-order valence-corrected chi connectivity index (χ4v) is 6.51. The van der Waals surface area contributed by atoms with E-state index in [2.05, 4.69) is 38.2 Å². The van der Waals surface area contributed by atoms with Gasteiger partial charge in [0.2, 0.25) is 0 Å². The molecule has 0 fully saturated rings. The number of unbranched alkanes of at least 4 members (excludes halogenated alkanes) is 26. The molecule has 0 amide bonds. The third kappa shape index (κ3) is 38.9. The second kappa shape index (κ2) is 39.9. The number of carbonyl (C=O) groups excluding carboxylic acids is 1. The maximum absolute atomic E-state index is 12.7. The van der Waals surface area contributed by atoms with Crippen LogP contribution < -0.4 is 0 Å². The van der Waals surface area contributed by atoms with Gasteiger partial charge in [0, 0.05) is 12.8 Å². The Hall–Kier alpha value is -1.58. The maximum Gasteiger partial charge on any atom is 0.306 e. The molecule has 4 nitrogen and oxygen atoms in total. The zero-order valence-electron chi connectivity index (χ0n) is 32.3. The number of rotatable bonds is 39. The van der Waals surface area contributed by atoms with E-state index < -0.39 is 5.97 Å². The molecule has 0 aromatic rings. The van der Waals surface area contributed by atoms with E-state index in [1.165, 1.54) is 154 Å². The third-order valence-corrected chi connectivity index (χ3v) is 9.68. The van der Waals surface area contributed by atoms with Crippen molar-refractivity contribution in [1.29, 1.82) is 0 Å². The SMILES string of the molecule is CCCCC/C=C\C/C=C\CCCCCCCCCC(=O)OC(CCCCCCCCCCCC)CCCCCCCCCCC(=O)O. The molecule has 0 saturated carbocycles. The Bertz CT molecular complexity index is 727. The average molecular weight is 675 g/mol. The number of carboxylic acid groups (broad SMARTS) is 1. The molecule has 0 heterocycles. The van der Waals surface area contributed by atoms with Crippen LogP contribution in [0.4, 0.5) is 0 Å². The van der Waals surface area contributed by atoms with Crippen LogP contribution in [0.3, 0.4) is 0 Å². The number of hydrogen-bond donors (Lipinski definition) is 1. The van der Waals surface area contributed by atoms with E-state index in [0.717, 1.165) is 57.8 Å². The minimum Gasteiger partial charge on any atom is -0.481 e. The molecule has 0 spiro atoms. The molecule has 0 aromatic heterocycles. The van der Waals surface area contributed by atoms with Crippen LogP contribution in [0.2, 0.25) is 0 Å². The van der Waals surface area contributed by atoms with Crippen molar-refractivity contribution in [3.05, 3.63) is 24.3 Å². The largest absolute Gasteiger partial charge is 0.481 e. The molecule has 1 N–H and O–H groups in total. The van der Waals surface area contributed by atoms with Gasteiger partial charge in [-0.1, -0.05) is 179 Å². The van der Waals surface area contributed by atoms with E-state index in [-0.39, 0.29) is 12.1 Å². The number of aliphatic carboxylic acids is 1. The van der Waals surface area contributed by atoms with Crippen molar-refractivity contribution in [3.63, 3.8) is 0 Å². The third-order valence-electron chi connectivity index (χ3n) is 9.68. The van der Waals surface area contributed by atoms with Gasteiger partial charge in [-0.05, 0) is 70.6 Å². The summed E-state index contributed by atoms with van der Waals surface area (Å²) in [6.07, 6.45) is 50.6. The summed E-state index contributed by atoms with van der Waals surface area (Å²) in [5.74, 6) is -0.656. The van der Waals surface area contributed by atoms with Crippen LogP contribution in [0.1, 0.15) is 239 Å². The highest BCUT2D eigenvalue weighted by Gasteiger charge is 2.14. The van der Waals surface area contributed by atoms with E-state index in [4.69, 9.17) is 9.84 Å². The first kappa shape index (κ1) is 46.4. The summed E-state index contributed by atoms with van der Waals surface area (Å²) in [6, 6.07) is 0. The summed E-state index contributed by atoms with van der Waals surface area (Å²) in [6.45, 7) is 4.53. The fraction of sp³-hybridized carbons (Fsp3) is 0.864. The summed E-state index contributed by atoms with van der Waals surface area (Å²) in [7, 11) is 0. The van der Waals surface area contributed by atoms with Crippen LogP contribution in [0.15, 0.2) is 24.3 Å². The molecule has 0 radical (unpaired) electrons. The van der Waals surface area contributed by atoms with Crippen LogP contribution in [0.5, 0.6) is 0 Å². The molecule has 0 aliphatic heterocycles. The number of ether oxygens (including phenoxy) is 1. The number of hydrogen-bond acceptors (Lipinski definition) is 3. The van der Waals surface area contributed by atoms with Gasteiger partial charge in [-0.2, -0.15) is 0 Å². The lowest BCUT2D eigenvalue weighted by atomic mass is 10.0. The molecule has 1 atom stereocenters. The quantitative estimate of drug-likeness (QED) is 0.0400. The van der Waals surface area contributed by atoms with Crippen molar-refractivity contribution in [2.24, 2.45) is 0 Å². The summed E-state index contributed by atoms with van der Waals surface area (Å²) >= 11 is 0. The maximum atomic E-state index is 12.7. The Balaban J connectivity index is 4.04. The molecule has 282 valence electrons. The van der Waals surface area contributed by atoms with Crippen molar-refractivity contribution < 1.29 is 19.4 Å². The Kier molecular flexibility index (Phi) is 38.5. The van der Waals surface area contributed by atoms with E-state index in [9.17, 15) is 9.59 Å². The molecule has 0 aliphatic rings. The number of esters is 1. The number of allylic oxidation sites excluding steroid dienone is 4. The molecule has 1 unspecified atom stereocenters. The molecular weight excluding hydrogens is 592 g/mol. The summed E-state index contributed by atoms with van der Waals surface area (Å²) in [5.41, 5.74) is 0. The van der Waals surface area contributed by atoms with Crippen LogP contribution in [0, 0.1) is 0 Å². The van der Waals surface area contributed by atoms with Crippen LogP contribution in [-0.2, 0) is 14.3 Å². The highest BCUT2D eigenvalue weighted by atomic mass is 16.5. The summed E-state index contributed by atoms with van der Waals surface area (Å²) < 4.78 is 6.06. The molecule has 0 aliphatic carbocycles. The Labute approximate surface area is 299 Å². The molecule has 0 rings (SSSR count). The van der Waals surface area contributed by atoms with Crippen molar-refractivity contribution in [3.8, 4) is 0 Å². The van der Waals surface area contributed by atoms with Crippen LogP contribution in [-0.4, -0.2) is 23.1 Å². The van der Waals surface area contributed by atoms with E-state index in [1.54, 1.807) is 0 Å². The zero-order valence-corrected chi connectivity index (χ0v) is 32.3. The first-order chi connectivity index (χ1) is 23.6. The molecule has 0 bridgehead atoms. The van der Waals surface area contributed by atoms with Crippen LogP contribution >= 0.6 is 0 Å². The first-order valence-electron chi connectivity index (χ1n) is 21.3. The standard InChI is InChI=1S/C44H82O4/c1-3-5-7-9-11-13-15-16-17-18-19-20-21-23-29-33-37-41-44(47)48-42(38-34-30-26-22-14-12-10-8-6-4-2)39-35-31-27-24-25-28-32-36-40-43(45)46/h11,13,16-17,42H,3-10,12,14-15,18-41H2,1-2H3,(H,45,46)/b13-11-,17-16-. The lowest BCUT2D eigenvalue weighted by Crippen LogP contribution is -2.18. The van der Waals surface area contributed by atoms with Crippen molar-refractivity contribution in [2.75, 3.05) is 0 Å². The van der Waals surface area contributed by atoms with Gasteiger partial charge < -0.3 is 9.84 Å². The average Bonchev–Trinajstić information content (AvgIpc) is 3.07. The van der Waals surface area contributed by atoms with Gasteiger partial charge in [0.15, 0.2) is 0 Å². The topological polar surface area (TPSA) is 63.6 Å². The Morgan fingerprint density at radius 2 is 0.812 bits per heavy atom.